The van der Waals surface area contributed by atoms with Crippen LogP contribution in [0.15, 0.2) is 85.1 Å². The van der Waals surface area contributed by atoms with Gasteiger partial charge in [-0.1, -0.05) is 79.0 Å². The van der Waals surface area contributed by atoms with Gasteiger partial charge in [0.2, 0.25) is 5.52 Å². The minimum atomic E-state index is 0.786. The van der Waals surface area contributed by atoms with Crippen molar-refractivity contribution in [2.45, 2.75) is 32.2 Å². The molecule has 4 aromatic rings. The first-order chi connectivity index (χ1) is 15.3. The van der Waals surface area contributed by atoms with Gasteiger partial charge < -0.3 is 4.90 Å². The van der Waals surface area contributed by atoms with Crippen molar-refractivity contribution < 1.29 is 4.57 Å². The Labute approximate surface area is 189 Å². The van der Waals surface area contributed by atoms with Crippen LogP contribution in [0.4, 0.5) is 5.69 Å². The SMILES string of the molecule is Clc1ccc2c(N3CCCCCC3)cc[n+](Cc3ccc(-c4ccccc4)cc3)c2c1. The summed E-state index contributed by atoms with van der Waals surface area (Å²) < 4.78 is 2.32. The molecule has 0 amide bonds. The average Bonchev–Trinajstić information content (AvgIpc) is 3.10. The maximum atomic E-state index is 6.42. The molecule has 0 atom stereocenters. The van der Waals surface area contributed by atoms with E-state index in [1.807, 2.05) is 6.07 Å². The average molecular weight is 428 g/mol. The van der Waals surface area contributed by atoms with Crippen LogP contribution < -0.4 is 9.47 Å². The largest absolute Gasteiger partial charge is 0.371 e. The Bertz CT molecular complexity index is 1160. The Hall–Kier alpha value is -2.84. The number of hydrogen-bond acceptors (Lipinski definition) is 1. The highest BCUT2D eigenvalue weighted by Crippen LogP contribution is 2.29. The van der Waals surface area contributed by atoms with Crippen molar-refractivity contribution in [3.05, 3.63) is 95.6 Å². The van der Waals surface area contributed by atoms with Gasteiger partial charge in [-0.2, -0.15) is 4.57 Å². The second kappa shape index (κ2) is 9.11. The molecule has 156 valence electrons. The van der Waals surface area contributed by atoms with Crippen molar-refractivity contribution in [3.8, 4) is 11.1 Å². The molecule has 1 saturated heterocycles. The molecule has 31 heavy (non-hydrogen) atoms. The van der Waals surface area contributed by atoms with E-state index >= 15 is 0 Å². The van der Waals surface area contributed by atoms with Crippen LogP contribution in [0.3, 0.4) is 0 Å². The van der Waals surface area contributed by atoms with Gasteiger partial charge >= 0.3 is 0 Å². The second-order valence-electron chi connectivity index (χ2n) is 8.45. The molecule has 0 spiro atoms. The maximum Gasteiger partial charge on any atom is 0.216 e. The van der Waals surface area contributed by atoms with E-state index in [0.717, 1.165) is 24.7 Å². The molecule has 0 radical (unpaired) electrons. The fourth-order valence-corrected chi connectivity index (χ4v) is 4.81. The Morgan fingerprint density at radius 2 is 1.45 bits per heavy atom. The van der Waals surface area contributed by atoms with Gasteiger partial charge in [0.15, 0.2) is 12.7 Å². The molecule has 1 fully saturated rings. The number of hydrogen-bond donors (Lipinski definition) is 0. The van der Waals surface area contributed by atoms with Crippen LogP contribution >= 0.6 is 11.6 Å². The number of rotatable bonds is 4. The fourth-order valence-electron chi connectivity index (χ4n) is 4.64. The third-order valence-electron chi connectivity index (χ3n) is 6.32. The van der Waals surface area contributed by atoms with Gasteiger partial charge in [0.25, 0.3) is 0 Å². The van der Waals surface area contributed by atoms with Crippen LogP contribution in [0.5, 0.6) is 0 Å². The third kappa shape index (κ3) is 4.45. The lowest BCUT2D eigenvalue weighted by molar-refractivity contribution is -0.662. The third-order valence-corrected chi connectivity index (χ3v) is 6.55. The molecular weight excluding hydrogens is 400 g/mol. The van der Waals surface area contributed by atoms with Crippen LogP contribution in [-0.2, 0) is 6.54 Å². The number of nitrogens with zero attached hydrogens (tertiary/aromatic N) is 2. The number of halogens is 1. The van der Waals surface area contributed by atoms with Crippen LogP contribution in [0.25, 0.3) is 22.0 Å². The van der Waals surface area contributed by atoms with E-state index in [2.05, 4.69) is 88.5 Å². The fraction of sp³-hybridized carbons (Fsp3) is 0.250. The van der Waals surface area contributed by atoms with E-state index in [9.17, 15) is 0 Å². The molecule has 0 unspecified atom stereocenters. The lowest BCUT2D eigenvalue weighted by atomic mass is 10.0. The normalized spacial score (nSPS) is 14.5. The highest BCUT2D eigenvalue weighted by Gasteiger charge is 2.19. The Kier molecular flexibility index (Phi) is 5.90. The van der Waals surface area contributed by atoms with Crippen molar-refractivity contribution >= 4 is 28.2 Å². The summed E-state index contributed by atoms with van der Waals surface area (Å²) in [5.41, 5.74) is 6.32. The number of fused-ring (bicyclic) bond motifs is 1. The molecule has 0 N–H and O–H groups in total. The van der Waals surface area contributed by atoms with Crippen LogP contribution in [0.2, 0.25) is 5.02 Å². The van der Waals surface area contributed by atoms with Gasteiger partial charge in [-0.15, -0.1) is 0 Å². The van der Waals surface area contributed by atoms with Gasteiger partial charge in [-0.05, 0) is 36.1 Å². The topological polar surface area (TPSA) is 7.12 Å². The summed E-state index contributed by atoms with van der Waals surface area (Å²) in [6.45, 7) is 3.11. The molecule has 0 bridgehead atoms. The molecule has 3 heteroatoms. The molecule has 3 aromatic carbocycles. The van der Waals surface area contributed by atoms with E-state index in [0.29, 0.717) is 0 Å². The van der Waals surface area contributed by atoms with E-state index in [4.69, 9.17) is 11.6 Å². The Morgan fingerprint density at radius 1 is 0.742 bits per heavy atom. The first-order valence-corrected chi connectivity index (χ1v) is 11.7. The summed E-state index contributed by atoms with van der Waals surface area (Å²) in [4.78, 5) is 2.56. The lowest BCUT2D eigenvalue weighted by Crippen LogP contribution is -2.36. The summed E-state index contributed by atoms with van der Waals surface area (Å²) in [7, 11) is 0. The monoisotopic (exact) mass is 427 g/mol. The summed E-state index contributed by atoms with van der Waals surface area (Å²) in [5.74, 6) is 0. The molecule has 2 nitrogen and oxygen atoms in total. The number of benzene rings is 3. The van der Waals surface area contributed by atoms with Gasteiger partial charge in [-0.25, -0.2) is 0 Å². The van der Waals surface area contributed by atoms with Crippen LogP contribution in [-0.4, -0.2) is 13.1 Å². The molecule has 0 saturated carbocycles. The van der Waals surface area contributed by atoms with E-state index in [1.165, 1.54) is 59.0 Å². The Morgan fingerprint density at radius 3 is 2.19 bits per heavy atom. The van der Waals surface area contributed by atoms with Crippen molar-refractivity contribution in [3.63, 3.8) is 0 Å². The lowest BCUT2D eigenvalue weighted by Gasteiger charge is -2.23. The van der Waals surface area contributed by atoms with Crippen molar-refractivity contribution in [2.75, 3.05) is 18.0 Å². The van der Waals surface area contributed by atoms with Gasteiger partial charge in [-0.3, -0.25) is 0 Å². The van der Waals surface area contributed by atoms with Gasteiger partial charge in [0.1, 0.15) is 0 Å². The molecule has 1 aliphatic heterocycles. The quantitative estimate of drug-likeness (QED) is 0.322. The summed E-state index contributed by atoms with van der Waals surface area (Å²) >= 11 is 6.42. The highest BCUT2D eigenvalue weighted by molar-refractivity contribution is 6.31. The second-order valence-corrected chi connectivity index (χ2v) is 8.89. The zero-order valence-electron chi connectivity index (χ0n) is 17.8. The highest BCUT2D eigenvalue weighted by atomic mass is 35.5. The summed E-state index contributed by atoms with van der Waals surface area (Å²) in [6, 6.07) is 28.0. The van der Waals surface area contributed by atoms with Crippen molar-refractivity contribution in [2.24, 2.45) is 0 Å². The molecule has 5 rings (SSSR count). The van der Waals surface area contributed by atoms with E-state index in [-0.39, 0.29) is 0 Å². The first-order valence-electron chi connectivity index (χ1n) is 11.3. The zero-order chi connectivity index (χ0) is 21.0. The molecule has 1 aliphatic rings. The molecule has 2 heterocycles. The number of aromatic nitrogens is 1. The molecule has 0 aliphatic carbocycles. The summed E-state index contributed by atoms with van der Waals surface area (Å²) in [6.07, 6.45) is 7.46. The van der Waals surface area contributed by atoms with Crippen LogP contribution in [0.1, 0.15) is 31.2 Å². The number of anilines is 1. The zero-order valence-corrected chi connectivity index (χ0v) is 18.6. The molecule has 1 aromatic heterocycles. The smallest absolute Gasteiger partial charge is 0.216 e. The van der Waals surface area contributed by atoms with Gasteiger partial charge in [0, 0.05) is 35.8 Å². The minimum absolute atomic E-state index is 0.786. The predicted molar refractivity (Wildman–Crippen MR) is 131 cm³/mol. The minimum Gasteiger partial charge on any atom is -0.371 e. The van der Waals surface area contributed by atoms with Crippen LogP contribution in [0, 0.1) is 0 Å². The predicted octanol–water partition coefficient (Wildman–Crippen LogP) is 6.88. The van der Waals surface area contributed by atoms with Crippen molar-refractivity contribution in [1.82, 2.24) is 0 Å². The van der Waals surface area contributed by atoms with E-state index in [1.54, 1.807) is 0 Å². The molecular formula is C28H28ClN2+. The Balaban J connectivity index is 1.47. The van der Waals surface area contributed by atoms with Crippen molar-refractivity contribution in [1.29, 1.82) is 0 Å². The standard InChI is InChI=1S/C28H28ClN2/c29-25-14-15-26-27(30-17-6-1-2-7-18-30)16-19-31(28(26)20-25)21-22-10-12-24(13-11-22)23-8-4-3-5-9-23/h3-5,8-16,19-20H,1-2,6-7,17-18,21H2/q+1. The van der Waals surface area contributed by atoms with Gasteiger partial charge in [0.05, 0.1) is 11.1 Å². The maximum absolute atomic E-state index is 6.42. The van der Waals surface area contributed by atoms with E-state index < -0.39 is 0 Å². The first kappa shape index (κ1) is 20.1. The number of pyridine rings is 1. The summed E-state index contributed by atoms with van der Waals surface area (Å²) in [5, 5.41) is 2.07.